The average Bonchev–Trinajstić information content (AvgIpc) is 2.84. The van der Waals surface area contributed by atoms with Crippen LogP contribution in [0.15, 0.2) is 17.2 Å². The molecule has 0 aromatic carbocycles. The van der Waals surface area contributed by atoms with E-state index in [-0.39, 0.29) is 4.90 Å². The molecule has 102 valence electrons. The summed E-state index contributed by atoms with van der Waals surface area (Å²) in [5.74, 6) is 0. The van der Waals surface area contributed by atoms with Crippen LogP contribution in [0.25, 0.3) is 0 Å². The minimum atomic E-state index is -3.52. The molecule has 2 heterocycles. The Kier molecular flexibility index (Phi) is 3.50. The molecule has 7 heteroatoms. The van der Waals surface area contributed by atoms with Gasteiger partial charge in [-0.15, -0.1) is 0 Å². The zero-order valence-corrected chi connectivity index (χ0v) is 11.5. The first kappa shape index (κ1) is 13.5. The van der Waals surface area contributed by atoms with Crippen LogP contribution in [0.4, 0.5) is 0 Å². The van der Waals surface area contributed by atoms with Crippen molar-refractivity contribution in [2.75, 3.05) is 13.2 Å². The van der Waals surface area contributed by atoms with Crippen molar-refractivity contribution in [3.8, 4) is 0 Å². The number of rotatable bonds is 4. The lowest BCUT2D eigenvalue weighted by Gasteiger charge is -2.22. The van der Waals surface area contributed by atoms with Crippen LogP contribution >= 0.6 is 0 Å². The zero-order valence-electron chi connectivity index (χ0n) is 10.6. The molecule has 1 aromatic rings. The van der Waals surface area contributed by atoms with Gasteiger partial charge in [-0.05, 0) is 19.4 Å². The SMILES string of the molecule is Cn1cc(S(=O)(=O)NC2(C)CCOC2)cc1CN. The summed E-state index contributed by atoms with van der Waals surface area (Å²) < 4.78 is 34.2. The molecule has 3 N–H and O–H groups in total. The molecule has 0 amide bonds. The molecule has 1 saturated heterocycles. The van der Waals surface area contributed by atoms with Crippen LogP contribution in [-0.4, -0.2) is 31.7 Å². The molecule has 1 atom stereocenters. The highest BCUT2D eigenvalue weighted by Crippen LogP contribution is 2.22. The average molecular weight is 273 g/mol. The van der Waals surface area contributed by atoms with Crippen LogP contribution in [0.2, 0.25) is 0 Å². The van der Waals surface area contributed by atoms with E-state index in [1.807, 2.05) is 6.92 Å². The van der Waals surface area contributed by atoms with Gasteiger partial charge in [0.1, 0.15) is 0 Å². The minimum Gasteiger partial charge on any atom is -0.379 e. The zero-order chi connectivity index (χ0) is 13.4. The second-order valence-corrected chi connectivity index (χ2v) is 6.63. The number of nitrogens with one attached hydrogen (secondary N) is 1. The predicted octanol–water partition coefficient (Wildman–Crippen LogP) is -0.0589. The maximum atomic E-state index is 12.3. The van der Waals surface area contributed by atoms with Crippen molar-refractivity contribution >= 4 is 10.0 Å². The quantitative estimate of drug-likeness (QED) is 0.805. The van der Waals surface area contributed by atoms with E-state index in [4.69, 9.17) is 10.5 Å². The summed E-state index contributed by atoms with van der Waals surface area (Å²) in [4.78, 5) is 0.249. The van der Waals surface area contributed by atoms with Crippen molar-refractivity contribution in [1.82, 2.24) is 9.29 Å². The van der Waals surface area contributed by atoms with Gasteiger partial charge >= 0.3 is 0 Å². The molecule has 1 unspecified atom stereocenters. The first-order valence-corrected chi connectivity index (χ1v) is 7.32. The Labute approximate surface area is 107 Å². The van der Waals surface area contributed by atoms with Gasteiger partial charge in [0.05, 0.1) is 17.0 Å². The molecular formula is C11H19N3O3S. The largest absolute Gasteiger partial charge is 0.379 e. The monoisotopic (exact) mass is 273 g/mol. The van der Waals surface area contributed by atoms with E-state index in [0.29, 0.717) is 26.2 Å². The fourth-order valence-electron chi connectivity index (χ4n) is 2.06. The molecule has 0 spiro atoms. The number of aryl methyl sites for hydroxylation is 1. The Morgan fingerprint density at radius 3 is 2.83 bits per heavy atom. The normalized spacial score (nSPS) is 24.6. The molecule has 1 aliphatic rings. The van der Waals surface area contributed by atoms with Crippen LogP contribution in [-0.2, 0) is 28.4 Å². The summed E-state index contributed by atoms with van der Waals surface area (Å²) in [6.45, 7) is 3.15. The number of nitrogens with zero attached hydrogens (tertiary/aromatic N) is 1. The van der Waals surface area contributed by atoms with Crippen LogP contribution < -0.4 is 10.5 Å². The van der Waals surface area contributed by atoms with Gasteiger partial charge in [-0.1, -0.05) is 0 Å². The minimum absolute atomic E-state index is 0.249. The van der Waals surface area contributed by atoms with Gasteiger partial charge in [-0.2, -0.15) is 0 Å². The molecular weight excluding hydrogens is 254 g/mol. The summed E-state index contributed by atoms with van der Waals surface area (Å²) in [7, 11) is -1.74. The van der Waals surface area contributed by atoms with Gasteiger partial charge in [0.25, 0.3) is 0 Å². The number of sulfonamides is 1. The number of hydrogen-bond acceptors (Lipinski definition) is 4. The van der Waals surface area contributed by atoms with E-state index in [9.17, 15) is 8.42 Å². The van der Waals surface area contributed by atoms with E-state index >= 15 is 0 Å². The maximum Gasteiger partial charge on any atom is 0.242 e. The van der Waals surface area contributed by atoms with Crippen molar-refractivity contribution < 1.29 is 13.2 Å². The Morgan fingerprint density at radius 1 is 1.61 bits per heavy atom. The van der Waals surface area contributed by atoms with Crippen molar-refractivity contribution in [2.24, 2.45) is 12.8 Å². The van der Waals surface area contributed by atoms with Gasteiger partial charge in [0.15, 0.2) is 0 Å². The van der Waals surface area contributed by atoms with Crippen LogP contribution in [0.3, 0.4) is 0 Å². The third-order valence-corrected chi connectivity index (χ3v) is 4.81. The van der Waals surface area contributed by atoms with E-state index in [0.717, 1.165) is 5.69 Å². The van der Waals surface area contributed by atoms with Crippen molar-refractivity contribution in [2.45, 2.75) is 30.3 Å². The maximum absolute atomic E-state index is 12.3. The predicted molar refractivity (Wildman–Crippen MR) is 67.5 cm³/mol. The molecule has 0 saturated carbocycles. The van der Waals surface area contributed by atoms with E-state index in [1.165, 1.54) is 0 Å². The fourth-order valence-corrected chi connectivity index (χ4v) is 3.57. The highest BCUT2D eigenvalue weighted by Gasteiger charge is 2.34. The molecule has 0 radical (unpaired) electrons. The highest BCUT2D eigenvalue weighted by atomic mass is 32.2. The van der Waals surface area contributed by atoms with E-state index < -0.39 is 15.6 Å². The Hall–Kier alpha value is -0.890. The smallest absolute Gasteiger partial charge is 0.242 e. The molecule has 0 aliphatic carbocycles. The van der Waals surface area contributed by atoms with Gasteiger partial charge in [-0.3, -0.25) is 0 Å². The van der Waals surface area contributed by atoms with Crippen LogP contribution in [0.5, 0.6) is 0 Å². The molecule has 1 aromatic heterocycles. The number of nitrogens with two attached hydrogens (primary N) is 1. The van der Waals surface area contributed by atoms with Crippen LogP contribution in [0.1, 0.15) is 19.0 Å². The third kappa shape index (κ3) is 2.59. The molecule has 18 heavy (non-hydrogen) atoms. The lowest BCUT2D eigenvalue weighted by Crippen LogP contribution is -2.46. The highest BCUT2D eigenvalue weighted by molar-refractivity contribution is 7.89. The first-order chi connectivity index (χ1) is 8.36. The van der Waals surface area contributed by atoms with Crippen molar-refractivity contribution in [3.05, 3.63) is 18.0 Å². The molecule has 1 fully saturated rings. The van der Waals surface area contributed by atoms with Gasteiger partial charge < -0.3 is 15.0 Å². The first-order valence-electron chi connectivity index (χ1n) is 5.83. The third-order valence-electron chi connectivity index (χ3n) is 3.20. The summed E-state index contributed by atoms with van der Waals surface area (Å²) in [5, 5.41) is 0. The van der Waals surface area contributed by atoms with Crippen LogP contribution in [0, 0.1) is 0 Å². The Bertz CT molecular complexity index is 530. The molecule has 6 nitrogen and oxygen atoms in total. The summed E-state index contributed by atoms with van der Waals surface area (Å²) in [5.41, 5.74) is 5.81. The van der Waals surface area contributed by atoms with Gasteiger partial charge in [0.2, 0.25) is 10.0 Å². The summed E-state index contributed by atoms with van der Waals surface area (Å²) >= 11 is 0. The van der Waals surface area contributed by atoms with Crippen molar-refractivity contribution in [1.29, 1.82) is 0 Å². The fraction of sp³-hybridized carbons (Fsp3) is 0.636. The van der Waals surface area contributed by atoms with Gasteiger partial charge in [0, 0.05) is 32.1 Å². The molecule has 2 rings (SSSR count). The number of aromatic nitrogens is 1. The summed E-state index contributed by atoms with van der Waals surface area (Å²) in [6, 6.07) is 1.60. The summed E-state index contributed by atoms with van der Waals surface area (Å²) in [6.07, 6.45) is 2.26. The lowest BCUT2D eigenvalue weighted by atomic mass is 10.0. The second kappa shape index (κ2) is 4.65. The van der Waals surface area contributed by atoms with E-state index in [2.05, 4.69) is 4.72 Å². The van der Waals surface area contributed by atoms with Crippen molar-refractivity contribution in [3.63, 3.8) is 0 Å². The number of ether oxygens (including phenoxy) is 1. The topological polar surface area (TPSA) is 86.3 Å². The lowest BCUT2D eigenvalue weighted by molar-refractivity contribution is 0.178. The number of hydrogen-bond donors (Lipinski definition) is 2. The standard InChI is InChI=1S/C11H19N3O3S/c1-11(3-4-17-8-11)13-18(15,16)10-5-9(6-12)14(2)7-10/h5,7,13H,3-4,6,8,12H2,1-2H3. The Morgan fingerprint density at radius 2 is 2.33 bits per heavy atom. The molecule has 0 bridgehead atoms. The van der Waals surface area contributed by atoms with E-state index in [1.54, 1.807) is 23.9 Å². The Balaban J connectivity index is 2.24. The second-order valence-electron chi connectivity index (χ2n) is 4.95. The molecule has 1 aliphatic heterocycles. The van der Waals surface area contributed by atoms with Gasteiger partial charge in [-0.25, -0.2) is 13.1 Å².